The summed E-state index contributed by atoms with van der Waals surface area (Å²) in [6, 6.07) is 2.44. The smallest absolute Gasteiger partial charge is 0.392 e. The van der Waals surface area contributed by atoms with Crippen molar-refractivity contribution in [3.8, 4) is 0 Å². The summed E-state index contributed by atoms with van der Waals surface area (Å²) in [6.07, 6.45) is 0.227. The largest absolute Gasteiger partial charge is 0.416 e. The molecule has 0 bridgehead atoms. The second-order valence-corrected chi connectivity index (χ2v) is 9.94. The Morgan fingerprint density at radius 2 is 2.03 bits per heavy atom. The van der Waals surface area contributed by atoms with Crippen molar-refractivity contribution in [1.29, 1.82) is 0 Å². The Balaban J connectivity index is 1.17. The first kappa shape index (κ1) is 22.7. The van der Waals surface area contributed by atoms with Crippen molar-refractivity contribution in [3.63, 3.8) is 0 Å². The Morgan fingerprint density at radius 1 is 1.29 bits per heavy atom. The van der Waals surface area contributed by atoms with Crippen molar-refractivity contribution < 1.29 is 27.9 Å². The highest BCUT2D eigenvalue weighted by atomic mass is 32.1. The normalized spacial score (nSPS) is 17.5. The number of alkyl halides is 3. The first-order chi connectivity index (χ1) is 16.1. The lowest BCUT2D eigenvalue weighted by molar-refractivity contribution is -0.137. The number of halogens is 3. The summed E-state index contributed by atoms with van der Waals surface area (Å²) in [5.41, 5.74) is -0.339. The third-order valence-electron chi connectivity index (χ3n) is 6.66. The van der Waals surface area contributed by atoms with E-state index in [2.05, 4.69) is 10.4 Å². The average molecular weight is 494 g/mol. The number of aliphatic hydroxyl groups excluding tert-OH is 1. The number of hydrogen-bond acceptors (Lipinski definition) is 5. The number of benzene rings is 1. The molecule has 34 heavy (non-hydrogen) atoms. The van der Waals surface area contributed by atoms with Gasteiger partial charge < -0.3 is 20.2 Å². The first-order valence-electron chi connectivity index (χ1n) is 10.6. The molecule has 2 N–H and O–H groups in total. The third kappa shape index (κ3) is 3.90. The van der Waals surface area contributed by atoms with Gasteiger partial charge >= 0.3 is 12.2 Å². The summed E-state index contributed by atoms with van der Waals surface area (Å²) in [4.78, 5) is 29.5. The summed E-state index contributed by atoms with van der Waals surface area (Å²) >= 11 is 1.46. The highest BCUT2D eigenvalue weighted by molar-refractivity contribution is 7.15. The van der Waals surface area contributed by atoms with Crippen molar-refractivity contribution in [2.24, 2.45) is 5.41 Å². The maximum absolute atomic E-state index is 13.1. The number of amides is 3. The van der Waals surface area contributed by atoms with Crippen LogP contribution < -0.4 is 5.32 Å². The van der Waals surface area contributed by atoms with Gasteiger partial charge in [0.05, 0.1) is 23.9 Å². The van der Waals surface area contributed by atoms with E-state index >= 15 is 0 Å². The number of nitrogens with zero attached hydrogens (tertiary/aromatic N) is 4. The third-order valence-corrected chi connectivity index (χ3v) is 7.55. The predicted molar refractivity (Wildman–Crippen MR) is 119 cm³/mol. The van der Waals surface area contributed by atoms with Crippen LogP contribution in [0.3, 0.4) is 0 Å². The molecule has 0 atom stereocenters. The Bertz CT molecular complexity index is 1260. The van der Waals surface area contributed by atoms with Crippen LogP contribution in [0.5, 0.6) is 0 Å². The molecule has 2 aliphatic rings. The second kappa shape index (κ2) is 7.98. The van der Waals surface area contributed by atoms with Gasteiger partial charge in [0.15, 0.2) is 0 Å². The molecular weight excluding hydrogens is 471 g/mol. The van der Waals surface area contributed by atoms with Gasteiger partial charge in [-0.25, -0.2) is 9.31 Å². The zero-order chi connectivity index (χ0) is 24.3. The predicted octanol–water partition coefficient (Wildman–Crippen LogP) is 3.68. The lowest BCUT2D eigenvalue weighted by Crippen LogP contribution is -2.67. The molecule has 180 valence electrons. The standard InChI is InChI=1S/C22H22F3N5O3S/c1-28(20(33)27-15-5-13(10-31)4-14(6-15)22(23,24)25)16-7-21(8-16)11-29(12-21)18(32)17-9-26-30-2-3-34-19(17)30/h2-6,9,16,31H,7-8,10-12H2,1H3,(H,27,33). The van der Waals surface area contributed by atoms with Crippen LogP contribution in [-0.2, 0) is 12.8 Å². The fourth-order valence-corrected chi connectivity index (χ4v) is 5.61. The van der Waals surface area contributed by atoms with Crippen molar-refractivity contribution in [1.82, 2.24) is 19.4 Å². The molecule has 3 heterocycles. The molecule has 2 aromatic heterocycles. The molecule has 1 saturated carbocycles. The maximum atomic E-state index is 13.1. The van der Waals surface area contributed by atoms with Crippen molar-refractivity contribution >= 4 is 33.8 Å². The zero-order valence-electron chi connectivity index (χ0n) is 18.2. The van der Waals surface area contributed by atoms with E-state index in [9.17, 15) is 27.9 Å². The van der Waals surface area contributed by atoms with E-state index in [4.69, 9.17) is 0 Å². The number of fused-ring (bicyclic) bond motifs is 1. The molecule has 1 aliphatic carbocycles. The van der Waals surface area contributed by atoms with E-state index in [0.717, 1.165) is 17.0 Å². The van der Waals surface area contributed by atoms with Crippen LogP contribution >= 0.6 is 11.3 Å². The number of aromatic nitrogens is 2. The SMILES string of the molecule is CN(C(=O)Nc1cc(CO)cc(C(F)(F)F)c1)C1CC2(C1)CN(C(=O)c1cnn3ccsc13)C2. The fraction of sp³-hybridized carbons (Fsp3) is 0.409. The topological polar surface area (TPSA) is 90.2 Å². The highest BCUT2D eigenvalue weighted by Gasteiger charge is 2.55. The van der Waals surface area contributed by atoms with E-state index in [1.807, 2.05) is 5.38 Å². The average Bonchev–Trinajstić information content (AvgIpc) is 3.34. The lowest BCUT2D eigenvalue weighted by Gasteiger charge is -2.60. The van der Waals surface area contributed by atoms with Gasteiger partial charge in [0.1, 0.15) is 4.83 Å². The maximum Gasteiger partial charge on any atom is 0.416 e. The molecule has 0 radical (unpaired) electrons. The van der Waals surface area contributed by atoms with Crippen LogP contribution in [0, 0.1) is 5.41 Å². The van der Waals surface area contributed by atoms with Crippen molar-refractivity contribution in [2.75, 3.05) is 25.5 Å². The van der Waals surface area contributed by atoms with Gasteiger partial charge in [-0.1, -0.05) is 0 Å². The number of urea groups is 1. The van der Waals surface area contributed by atoms with Gasteiger partial charge in [0.25, 0.3) is 5.91 Å². The summed E-state index contributed by atoms with van der Waals surface area (Å²) in [7, 11) is 1.61. The molecule has 1 saturated heterocycles. The Hall–Kier alpha value is -3.12. The molecule has 1 spiro atoms. The van der Waals surface area contributed by atoms with Crippen molar-refractivity contribution in [2.45, 2.75) is 31.7 Å². The van der Waals surface area contributed by atoms with E-state index in [0.29, 0.717) is 31.5 Å². The summed E-state index contributed by atoms with van der Waals surface area (Å²) < 4.78 is 41.0. The van der Waals surface area contributed by atoms with Gasteiger partial charge in [-0.05, 0) is 36.6 Å². The molecule has 1 aromatic carbocycles. The van der Waals surface area contributed by atoms with Gasteiger partial charge in [-0.15, -0.1) is 11.3 Å². The molecule has 3 amide bonds. The number of anilines is 1. The van der Waals surface area contributed by atoms with Gasteiger partial charge in [-0.3, -0.25) is 4.79 Å². The van der Waals surface area contributed by atoms with Gasteiger partial charge in [0, 0.05) is 48.9 Å². The molecule has 2 fully saturated rings. The molecule has 8 nitrogen and oxygen atoms in total. The second-order valence-electron chi connectivity index (χ2n) is 9.05. The van der Waals surface area contributed by atoms with E-state index in [1.54, 1.807) is 28.9 Å². The number of nitrogens with one attached hydrogen (secondary N) is 1. The van der Waals surface area contributed by atoms with Gasteiger partial charge in [0.2, 0.25) is 0 Å². The van der Waals surface area contributed by atoms with Crippen LogP contribution in [-0.4, -0.2) is 62.6 Å². The van der Waals surface area contributed by atoms with Gasteiger partial charge in [-0.2, -0.15) is 18.3 Å². The van der Waals surface area contributed by atoms with E-state index in [-0.39, 0.29) is 28.6 Å². The fourth-order valence-electron chi connectivity index (χ4n) is 4.82. The zero-order valence-corrected chi connectivity index (χ0v) is 19.0. The minimum Gasteiger partial charge on any atom is -0.392 e. The van der Waals surface area contributed by atoms with Crippen LogP contribution in [0.1, 0.15) is 34.3 Å². The van der Waals surface area contributed by atoms with Crippen molar-refractivity contribution in [3.05, 3.63) is 52.7 Å². The molecule has 5 rings (SSSR count). The van der Waals surface area contributed by atoms with Crippen LogP contribution in [0.25, 0.3) is 4.83 Å². The number of hydrogen-bond donors (Lipinski definition) is 2. The summed E-state index contributed by atoms with van der Waals surface area (Å²) in [5, 5.41) is 17.8. The van der Waals surface area contributed by atoms with Crippen LogP contribution in [0.4, 0.5) is 23.7 Å². The van der Waals surface area contributed by atoms with E-state index in [1.165, 1.54) is 22.3 Å². The summed E-state index contributed by atoms with van der Waals surface area (Å²) in [6.45, 7) is 0.641. The highest BCUT2D eigenvalue weighted by Crippen LogP contribution is 2.50. The Labute approximate surface area is 196 Å². The molecule has 12 heteroatoms. The lowest BCUT2D eigenvalue weighted by atomic mass is 9.60. The van der Waals surface area contributed by atoms with Crippen LogP contribution in [0.15, 0.2) is 36.0 Å². The number of carbonyl (C=O) groups is 2. The molecular formula is C22H22F3N5O3S. The number of rotatable bonds is 4. The minimum absolute atomic E-state index is 0.0220. The first-order valence-corrected chi connectivity index (χ1v) is 11.5. The monoisotopic (exact) mass is 493 g/mol. The van der Waals surface area contributed by atoms with E-state index < -0.39 is 24.4 Å². The quantitative estimate of drug-likeness (QED) is 0.580. The Morgan fingerprint density at radius 3 is 2.71 bits per heavy atom. The van der Waals surface area contributed by atoms with Crippen LogP contribution in [0.2, 0.25) is 0 Å². The minimum atomic E-state index is -4.59. The number of thiazole rings is 1. The molecule has 1 aliphatic heterocycles. The number of carbonyl (C=O) groups excluding carboxylic acids is 2. The number of likely N-dealkylation sites (tertiary alicyclic amines) is 1. The Kier molecular flexibility index (Phi) is 5.32. The molecule has 0 unspecified atom stereocenters. The summed E-state index contributed by atoms with van der Waals surface area (Å²) in [5.74, 6) is -0.0538. The number of aliphatic hydroxyl groups is 1. The molecule has 3 aromatic rings.